The van der Waals surface area contributed by atoms with Gasteiger partial charge in [0.05, 0.1) is 23.0 Å². The first-order valence-electron chi connectivity index (χ1n) is 5.70. The van der Waals surface area contributed by atoms with E-state index in [1.54, 1.807) is 17.1 Å². The highest BCUT2D eigenvalue weighted by atomic mass is 16.4. The Bertz CT molecular complexity index is 577. The van der Waals surface area contributed by atoms with E-state index in [0.29, 0.717) is 17.9 Å². The number of aromatic carboxylic acids is 1. The van der Waals surface area contributed by atoms with Crippen LogP contribution in [0.4, 0.5) is 0 Å². The van der Waals surface area contributed by atoms with Crippen LogP contribution in [0.15, 0.2) is 18.6 Å². The predicted octanol–water partition coefficient (Wildman–Crippen LogP) is 1.53. The van der Waals surface area contributed by atoms with E-state index in [1.165, 1.54) is 6.20 Å². The average molecular weight is 246 g/mol. The fourth-order valence-corrected chi connectivity index (χ4v) is 1.70. The van der Waals surface area contributed by atoms with Crippen molar-refractivity contribution < 1.29 is 9.90 Å². The summed E-state index contributed by atoms with van der Waals surface area (Å²) in [5, 5.41) is 13.1. The van der Waals surface area contributed by atoms with Crippen molar-refractivity contribution in [2.45, 2.75) is 19.8 Å². The lowest BCUT2D eigenvalue weighted by Crippen LogP contribution is -2.07. The number of rotatable bonds is 4. The molecule has 6 heteroatoms. The lowest BCUT2D eigenvalue weighted by molar-refractivity contribution is 0.0694. The summed E-state index contributed by atoms with van der Waals surface area (Å²) in [6.07, 6.45) is 6.28. The summed E-state index contributed by atoms with van der Waals surface area (Å²) < 4.78 is 1.66. The van der Waals surface area contributed by atoms with Crippen molar-refractivity contribution in [3.63, 3.8) is 0 Å². The molecule has 0 aromatic carbocycles. The van der Waals surface area contributed by atoms with Gasteiger partial charge < -0.3 is 5.11 Å². The second-order valence-electron chi connectivity index (χ2n) is 4.01. The standard InChI is InChI=1S/C12H14N4O2/c1-3-4-10-9(12(17)18)6-13-11(15-10)8-5-14-16(2)7-8/h5-7H,3-4H2,1-2H3,(H,17,18). The highest BCUT2D eigenvalue weighted by Gasteiger charge is 2.14. The van der Waals surface area contributed by atoms with Crippen molar-refractivity contribution in [2.24, 2.45) is 7.05 Å². The highest BCUT2D eigenvalue weighted by molar-refractivity contribution is 5.88. The van der Waals surface area contributed by atoms with Gasteiger partial charge in [-0.1, -0.05) is 13.3 Å². The molecule has 0 fully saturated rings. The Morgan fingerprint density at radius 3 is 2.78 bits per heavy atom. The van der Waals surface area contributed by atoms with Crippen LogP contribution in [0.1, 0.15) is 29.4 Å². The number of nitrogens with zero attached hydrogens (tertiary/aromatic N) is 4. The number of hydrogen-bond acceptors (Lipinski definition) is 4. The smallest absolute Gasteiger partial charge is 0.339 e. The van der Waals surface area contributed by atoms with E-state index in [1.807, 2.05) is 14.0 Å². The van der Waals surface area contributed by atoms with Gasteiger partial charge in [-0.15, -0.1) is 0 Å². The number of hydrogen-bond donors (Lipinski definition) is 1. The van der Waals surface area contributed by atoms with E-state index < -0.39 is 5.97 Å². The van der Waals surface area contributed by atoms with Gasteiger partial charge in [-0.25, -0.2) is 14.8 Å². The Morgan fingerprint density at radius 2 is 2.22 bits per heavy atom. The first-order chi connectivity index (χ1) is 8.61. The molecule has 94 valence electrons. The van der Waals surface area contributed by atoms with Crippen LogP contribution in [0.5, 0.6) is 0 Å². The topological polar surface area (TPSA) is 80.9 Å². The average Bonchev–Trinajstić information content (AvgIpc) is 2.76. The van der Waals surface area contributed by atoms with Gasteiger partial charge in [-0.2, -0.15) is 5.10 Å². The van der Waals surface area contributed by atoms with Crippen LogP contribution in [0, 0.1) is 0 Å². The minimum absolute atomic E-state index is 0.171. The van der Waals surface area contributed by atoms with Gasteiger partial charge in [0.2, 0.25) is 0 Å². The van der Waals surface area contributed by atoms with Crippen LogP contribution < -0.4 is 0 Å². The molecule has 2 rings (SSSR count). The maximum Gasteiger partial charge on any atom is 0.339 e. The van der Waals surface area contributed by atoms with Crippen LogP contribution in [-0.2, 0) is 13.5 Å². The lowest BCUT2D eigenvalue weighted by atomic mass is 10.1. The maximum atomic E-state index is 11.1. The third-order valence-corrected chi connectivity index (χ3v) is 2.55. The van der Waals surface area contributed by atoms with E-state index in [-0.39, 0.29) is 5.56 Å². The molecule has 0 saturated heterocycles. The van der Waals surface area contributed by atoms with E-state index in [4.69, 9.17) is 5.11 Å². The van der Waals surface area contributed by atoms with Crippen LogP contribution in [0.3, 0.4) is 0 Å². The van der Waals surface area contributed by atoms with E-state index in [2.05, 4.69) is 15.1 Å². The first kappa shape index (κ1) is 12.2. The molecular formula is C12H14N4O2. The highest BCUT2D eigenvalue weighted by Crippen LogP contribution is 2.16. The molecule has 2 aromatic rings. The molecule has 18 heavy (non-hydrogen) atoms. The second kappa shape index (κ2) is 4.95. The fraction of sp³-hybridized carbons (Fsp3) is 0.333. The minimum Gasteiger partial charge on any atom is -0.478 e. The van der Waals surface area contributed by atoms with Crippen molar-refractivity contribution in [2.75, 3.05) is 0 Å². The predicted molar refractivity (Wildman–Crippen MR) is 65.2 cm³/mol. The molecule has 0 radical (unpaired) electrons. The van der Waals surface area contributed by atoms with Crippen LogP contribution in [0.2, 0.25) is 0 Å². The minimum atomic E-state index is -0.990. The lowest BCUT2D eigenvalue weighted by Gasteiger charge is -2.05. The van der Waals surface area contributed by atoms with Crippen molar-refractivity contribution in [1.29, 1.82) is 0 Å². The number of carboxylic acid groups (broad SMARTS) is 1. The van der Waals surface area contributed by atoms with Gasteiger partial charge >= 0.3 is 5.97 Å². The molecular weight excluding hydrogens is 232 g/mol. The Hall–Kier alpha value is -2.24. The molecule has 0 spiro atoms. The zero-order valence-corrected chi connectivity index (χ0v) is 10.3. The molecule has 0 unspecified atom stereocenters. The summed E-state index contributed by atoms with van der Waals surface area (Å²) in [5.41, 5.74) is 1.52. The van der Waals surface area contributed by atoms with E-state index in [0.717, 1.165) is 12.0 Å². The summed E-state index contributed by atoms with van der Waals surface area (Å²) >= 11 is 0. The Morgan fingerprint density at radius 1 is 1.44 bits per heavy atom. The van der Waals surface area contributed by atoms with Crippen molar-refractivity contribution in [3.05, 3.63) is 29.8 Å². The molecule has 0 saturated carbocycles. The van der Waals surface area contributed by atoms with Gasteiger partial charge in [0.1, 0.15) is 0 Å². The quantitative estimate of drug-likeness (QED) is 0.884. The maximum absolute atomic E-state index is 11.1. The van der Waals surface area contributed by atoms with E-state index in [9.17, 15) is 4.79 Å². The molecule has 0 aliphatic heterocycles. The molecule has 2 aromatic heterocycles. The van der Waals surface area contributed by atoms with Crippen molar-refractivity contribution in [1.82, 2.24) is 19.7 Å². The molecule has 0 atom stereocenters. The first-order valence-corrected chi connectivity index (χ1v) is 5.70. The third-order valence-electron chi connectivity index (χ3n) is 2.55. The number of carbonyl (C=O) groups is 1. The summed E-state index contributed by atoms with van der Waals surface area (Å²) in [5.74, 6) is -0.479. The normalized spacial score (nSPS) is 10.6. The molecule has 0 aliphatic rings. The molecule has 0 aliphatic carbocycles. The SMILES string of the molecule is CCCc1nc(-c2cnn(C)c2)ncc1C(=O)O. The zero-order valence-electron chi connectivity index (χ0n) is 10.3. The third kappa shape index (κ3) is 2.37. The zero-order chi connectivity index (χ0) is 13.1. The van der Waals surface area contributed by atoms with Gasteiger partial charge in [0, 0.05) is 19.4 Å². The summed E-state index contributed by atoms with van der Waals surface area (Å²) in [7, 11) is 1.81. The van der Waals surface area contributed by atoms with Crippen LogP contribution >= 0.6 is 0 Å². The second-order valence-corrected chi connectivity index (χ2v) is 4.01. The number of aromatic nitrogens is 4. The summed E-state index contributed by atoms with van der Waals surface area (Å²) in [4.78, 5) is 19.5. The Balaban J connectivity index is 2.45. The van der Waals surface area contributed by atoms with Crippen molar-refractivity contribution >= 4 is 5.97 Å². The Labute approximate surface area is 104 Å². The molecule has 6 nitrogen and oxygen atoms in total. The number of aryl methyl sites for hydroxylation is 2. The van der Waals surface area contributed by atoms with Crippen molar-refractivity contribution in [3.8, 4) is 11.4 Å². The largest absolute Gasteiger partial charge is 0.478 e. The summed E-state index contributed by atoms with van der Waals surface area (Å²) in [6, 6.07) is 0. The molecule has 0 amide bonds. The summed E-state index contributed by atoms with van der Waals surface area (Å²) in [6.45, 7) is 1.98. The Kier molecular flexibility index (Phi) is 3.36. The molecule has 1 N–H and O–H groups in total. The van der Waals surface area contributed by atoms with E-state index >= 15 is 0 Å². The molecule has 2 heterocycles. The van der Waals surface area contributed by atoms with Crippen LogP contribution in [0.25, 0.3) is 11.4 Å². The van der Waals surface area contributed by atoms with Gasteiger partial charge in [-0.05, 0) is 6.42 Å². The van der Waals surface area contributed by atoms with Crippen LogP contribution in [-0.4, -0.2) is 30.8 Å². The van der Waals surface area contributed by atoms with Gasteiger partial charge in [-0.3, -0.25) is 4.68 Å². The molecule has 0 bridgehead atoms. The monoisotopic (exact) mass is 246 g/mol. The fourth-order valence-electron chi connectivity index (χ4n) is 1.70. The number of carboxylic acids is 1. The van der Waals surface area contributed by atoms with Gasteiger partial charge in [0.15, 0.2) is 5.82 Å². The van der Waals surface area contributed by atoms with Gasteiger partial charge in [0.25, 0.3) is 0 Å².